The fourth-order valence-electron chi connectivity index (χ4n) is 3.48. The molecular weight excluding hydrogens is 492 g/mol. The van der Waals surface area contributed by atoms with Gasteiger partial charge in [0.15, 0.2) is 0 Å². The summed E-state index contributed by atoms with van der Waals surface area (Å²) in [6, 6.07) is 0. The van der Waals surface area contributed by atoms with Crippen LogP contribution in [0.4, 0.5) is 0 Å². The van der Waals surface area contributed by atoms with Crippen molar-refractivity contribution in [3.05, 3.63) is 48.6 Å². The zero-order chi connectivity index (χ0) is 30.5. The number of rotatable bonds is 19. The number of ketones is 2. The van der Waals surface area contributed by atoms with Gasteiger partial charge in [-0.2, -0.15) is 0 Å². The topological polar surface area (TPSA) is 86.7 Å². The molecule has 0 heterocycles. The summed E-state index contributed by atoms with van der Waals surface area (Å²) >= 11 is 0. The summed E-state index contributed by atoms with van der Waals surface area (Å²) in [4.78, 5) is 45.9. The largest absolute Gasteiger partial charge is 0.455 e. The molecule has 39 heavy (non-hydrogen) atoms. The molecule has 0 radical (unpaired) electrons. The summed E-state index contributed by atoms with van der Waals surface area (Å²) in [7, 11) is 0. The lowest BCUT2D eigenvalue weighted by atomic mass is 9.99. The fourth-order valence-corrected chi connectivity index (χ4v) is 3.48. The Labute approximate surface area is 238 Å². The van der Waals surface area contributed by atoms with E-state index in [0.717, 1.165) is 38.5 Å². The Balaban J connectivity index is 0. The van der Waals surface area contributed by atoms with Crippen molar-refractivity contribution in [2.45, 2.75) is 137 Å². The first-order valence-corrected chi connectivity index (χ1v) is 14.1. The molecule has 0 aromatic carbocycles. The molecule has 2 atom stereocenters. The van der Waals surface area contributed by atoms with Crippen LogP contribution in [0.3, 0.4) is 0 Å². The van der Waals surface area contributed by atoms with Gasteiger partial charge < -0.3 is 9.47 Å². The second-order valence-electron chi connectivity index (χ2n) is 11.0. The molecule has 0 saturated carbocycles. The van der Waals surface area contributed by atoms with Crippen molar-refractivity contribution in [3.63, 3.8) is 0 Å². The maximum absolute atomic E-state index is 11.9. The summed E-state index contributed by atoms with van der Waals surface area (Å²) in [5.74, 6) is -1.15. The van der Waals surface area contributed by atoms with E-state index in [1.807, 2.05) is 34.6 Å². The number of unbranched alkanes of at least 4 members (excludes halogenated alkanes) is 3. The van der Waals surface area contributed by atoms with Gasteiger partial charge in [0.25, 0.3) is 0 Å². The highest BCUT2D eigenvalue weighted by Gasteiger charge is 2.26. The third kappa shape index (κ3) is 22.9. The zero-order valence-corrected chi connectivity index (χ0v) is 26.0. The van der Waals surface area contributed by atoms with E-state index in [2.05, 4.69) is 32.2 Å². The number of carbonyl (C=O) groups is 4. The summed E-state index contributed by atoms with van der Waals surface area (Å²) in [6.07, 6.45) is 14.8. The quantitative estimate of drug-likeness (QED) is 0.0700. The molecule has 6 heteroatoms. The van der Waals surface area contributed by atoms with E-state index < -0.39 is 23.1 Å². The molecule has 0 aromatic heterocycles. The Kier molecular flexibility index (Phi) is 20.8. The zero-order valence-electron chi connectivity index (χ0n) is 26.0. The van der Waals surface area contributed by atoms with Crippen LogP contribution in [0.5, 0.6) is 0 Å². The standard InChI is InChI=1S/C19H32O3.C14H22O3/c1-6-8-9-10-13-17(20)15-18(21)22-19(5,7-2)14-11-12-16(3)4;1-6-14(5,9-7-8-11(2)3)17-13(16)10-12(4)15/h7,12H,2,6,8-11,13-15H2,1,3-5H3;6,8H,1,7,9-10H2,2-5H3. The summed E-state index contributed by atoms with van der Waals surface area (Å²) in [6.45, 7) is 22.7. The smallest absolute Gasteiger partial charge is 0.314 e. The van der Waals surface area contributed by atoms with Gasteiger partial charge in [-0.15, -0.1) is 0 Å². The molecule has 0 fully saturated rings. The fraction of sp³-hybridized carbons (Fsp3) is 0.636. The van der Waals surface area contributed by atoms with Gasteiger partial charge in [0.05, 0.1) is 0 Å². The van der Waals surface area contributed by atoms with Crippen LogP contribution in [0, 0.1) is 0 Å². The van der Waals surface area contributed by atoms with Crippen LogP contribution in [0.25, 0.3) is 0 Å². The lowest BCUT2D eigenvalue weighted by molar-refractivity contribution is -0.157. The second-order valence-corrected chi connectivity index (χ2v) is 11.0. The minimum Gasteiger partial charge on any atom is -0.455 e. The first-order chi connectivity index (χ1) is 18.1. The first-order valence-electron chi connectivity index (χ1n) is 14.1. The summed E-state index contributed by atoms with van der Waals surface area (Å²) in [5.41, 5.74) is 1.07. The maximum atomic E-state index is 11.9. The average molecular weight is 547 g/mol. The number of esters is 2. The van der Waals surface area contributed by atoms with Gasteiger partial charge in [-0.1, -0.05) is 62.6 Å². The lowest BCUT2D eigenvalue weighted by Crippen LogP contribution is -2.30. The molecule has 0 N–H and O–H groups in total. The number of allylic oxidation sites excluding steroid dienone is 4. The molecular formula is C33H54O6. The van der Waals surface area contributed by atoms with Crippen molar-refractivity contribution in [2.75, 3.05) is 0 Å². The molecule has 6 nitrogen and oxygen atoms in total. The minimum absolute atomic E-state index is 0.0307. The van der Waals surface area contributed by atoms with Crippen molar-refractivity contribution < 1.29 is 28.7 Å². The van der Waals surface area contributed by atoms with Crippen LogP contribution in [0.15, 0.2) is 48.6 Å². The van der Waals surface area contributed by atoms with Crippen LogP contribution in [-0.2, 0) is 28.7 Å². The number of hydrogen-bond donors (Lipinski definition) is 0. The van der Waals surface area contributed by atoms with Crippen LogP contribution < -0.4 is 0 Å². The molecule has 0 aromatic rings. The number of hydrogen-bond acceptors (Lipinski definition) is 6. The van der Waals surface area contributed by atoms with Gasteiger partial charge in [0.1, 0.15) is 35.6 Å². The number of Topliss-reactive ketones (excluding diaryl/α,β-unsaturated/α-hetero) is 2. The van der Waals surface area contributed by atoms with Gasteiger partial charge in [-0.05, 0) is 92.7 Å². The summed E-state index contributed by atoms with van der Waals surface area (Å²) < 4.78 is 10.7. The SMILES string of the molecule is C=CC(C)(CCC=C(C)C)OC(=O)CC(=O)CCCCCC.C=CC(C)(CCC=C(C)C)OC(=O)CC(C)=O. The van der Waals surface area contributed by atoms with E-state index >= 15 is 0 Å². The van der Waals surface area contributed by atoms with Crippen molar-refractivity contribution in [3.8, 4) is 0 Å². The van der Waals surface area contributed by atoms with E-state index in [4.69, 9.17) is 9.47 Å². The molecule has 0 amide bonds. The van der Waals surface area contributed by atoms with E-state index in [9.17, 15) is 19.2 Å². The van der Waals surface area contributed by atoms with Crippen molar-refractivity contribution in [1.82, 2.24) is 0 Å². The normalized spacial score (nSPS) is 13.2. The Morgan fingerprint density at radius 1 is 0.692 bits per heavy atom. The maximum Gasteiger partial charge on any atom is 0.314 e. The van der Waals surface area contributed by atoms with E-state index in [1.165, 1.54) is 18.1 Å². The summed E-state index contributed by atoms with van der Waals surface area (Å²) in [5, 5.41) is 0. The van der Waals surface area contributed by atoms with Crippen LogP contribution >= 0.6 is 0 Å². The van der Waals surface area contributed by atoms with Crippen molar-refractivity contribution in [1.29, 1.82) is 0 Å². The molecule has 0 bridgehead atoms. The van der Waals surface area contributed by atoms with Crippen molar-refractivity contribution in [2.24, 2.45) is 0 Å². The third-order valence-electron chi connectivity index (χ3n) is 5.99. The average Bonchev–Trinajstić information content (AvgIpc) is 2.81. The molecule has 2 unspecified atom stereocenters. The molecule has 0 saturated heterocycles. The van der Waals surface area contributed by atoms with Gasteiger partial charge in [0.2, 0.25) is 0 Å². The van der Waals surface area contributed by atoms with Gasteiger partial charge in [0, 0.05) is 6.42 Å². The van der Waals surface area contributed by atoms with Crippen LogP contribution in [-0.4, -0.2) is 34.7 Å². The Hall–Kier alpha value is -2.76. The lowest BCUT2D eigenvalue weighted by Gasteiger charge is -2.25. The highest BCUT2D eigenvalue weighted by molar-refractivity contribution is 5.95. The highest BCUT2D eigenvalue weighted by Crippen LogP contribution is 2.22. The monoisotopic (exact) mass is 546 g/mol. The molecule has 0 rings (SSSR count). The molecule has 0 spiro atoms. The molecule has 0 aliphatic rings. The Morgan fingerprint density at radius 3 is 1.49 bits per heavy atom. The highest BCUT2D eigenvalue weighted by atomic mass is 16.6. The third-order valence-corrected chi connectivity index (χ3v) is 5.99. The predicted octanol–water partition coefficient (Wildman–Crippen LogP) is 8.35. The molecule has 222 valence electrons. The molecule has 0 aliphatic heterocycles. The number of carbonyl (C=O) groups excluding carboxylic acids is 4. The molecule has 0 aliphatic carbocycles. The van der Waals surface area contributed by atoms with E-state index in [0.29, 0.717) is 19.3 Å². The van der Waals surface area contributed by atoms with Gasteiger partial charge in [-0.3, -0.25) is 19.2 Å². The number of ether oxygens (including phenoxy) is 2. The van der Waals surface area contributed by atoms with Crippen LogP contribution in [0.2, 0.25) is 0 Å². The van der Waals surface area contributed by atoms with E-state index in [1.54, 1.807) is 19.1 Å². The Morgan fingerprint density at radius 2 is 1.13 bits per heavy atom. The second kappa shape index (κ2) is 21.1. The Bertz CT molecular complexity index is 857. The predicted molar refractivity (Wildman–Crippen MR) is 160 cm³/mol. The first kappa shape index (κ1) is 38.4. The van der Waals surface area contributed by atoms with Crippen LogP contribution in [0.1, 0.15) is 126 Å². The van der Waals surface area contributed by atoms with Gasteiger partial charge in [-0.25, -0.2) is 0 Å². The van der Waals surface area contributed by atoms with Crippen molar-refractivity contribution >= 4 is 23.5 Å². The van der Waals surface area contributed by atoms with Gasteiger partial charge >= 0.3 is 11.9 Å². The minimum atomic E-state index is -0.703. The van der Waals surface area contributed by atoms with E-state index in [-0.39, 0.29) is 24.4 Å².